The summed E-state index contributed by atoms with van der Waals surface area (Å²) in [6.07, 6.45) is 6.71. The molecule has 1 aliphatic carbocycles. The number of hydrogen-bond acceptors (Lipinski definition) is 3. The third-order valence-corrected chi connectivity index (χ3v) is 3.48. The molecule has 3 N–H and O–H groups in total. The summed E-state index contributed by atoms with van der Waals surface area (Å²) in [7, 11) is 1.66. The predicted octanol–water partition coefficient (Wildman–Crippen LogP) is 1.58. The van der Waals surface area contributed by atoms with Crippen molar-refractivity contribution in [3.05, 3.63) is 0 Å². The Kier molecular flexibility index (Phi) is 5.92. The molecule has 1 atom stereocenters. The standard InChI is InChI=1S/C13H26N2O2/c1-3-6-11(10-17-2)15-12(16)9-13(14)7-4-5-8-13/h11H,3-10,14H2,1-2H3,(H,15,16). The van der Waals surface area contributed by atoms with Crippen LogP contribution in [0.4, 0.5) is 0 Å². The van der Waals surface area contributed by atoms with Crippen molar-refractivity contribution in [3.63, 3.8) is 0 Å². The average molecular weight is 242 g/mol. The fourth-order valence-electron chi connectivity index (χ4n) is 2.60. The zero-order valence-electron chi connectivity index (χ0n) is 11.1. The molecule has 0 aromatic carbocycles. The number of ether oxygens (including phenoxy) is 1. The summed E-state index contributed by atoms with van der Waals surface area (Å²) in [5.41, 5.74) is 5.94. The van der Waals surface area contributed by atoms with Crippen molar-refractivity contribution in [2.45, 2.75) is 63.5 Å². The van der Waals surface area contributed by atoms with Gasteiger partial charge < -0.3 is 15.8 Å². The highest BCUT2D eigenvalue weighted by Crippen LogP contribution is 2.29. The van der Waals surface area contributed by atoms with Crippen LogP contribution in [0.2, 0.25) is 0 Å². The molecule has 0 spiro atoms. The fraction of sp³-hybridized carbons (Fsp3) is 0.923. The van der Waals surface area contributed by atoms with E-state index in [2.05, 4.69) is 12.2 Å². The van der Waals surface area contributed by atoms with Crippen LogP contribution in [0.15, 0.2) is 0 Å². The highest BCUT2D eigenvalue weighted by atomic mass is 16.5. The van der Waals surface area contributed by atoms with Gasteiger partial charge in [-0.05, 0) is 19.3 Å². The van der Waals surface area contributed by atoms with E-state index in [1.807, 2.05) is 0 Å². The normalized spacial score (nSPS) is 20.2. The van der Waals surface area contributed by atoms with Gasteiger partial charge in [-0.25, -0.2) is 0 Å². The van der Waals surface area contributed by atoms with Gasteiger partial charge in [-0.1, -0.05) is 26.2 Å². The Bertz CT molecular complexity index is 232. The van der Waals surface area contributed by atoms with Crippen LogP contribution in [0.3, 0.4) is 0 Å². The van der Waals surface area contributed by atoms with Gasteiger partial charge in [0.25, 0.3) is 0 Å². The van der Waals surface area contributed by atoms with E-state index in [4.69, 9.17) is 10.5 Å². The number of nitrogens with one attached hydrogen (secondary N) is 1. The monoisotopic (exact) mass is 242 g/mol. The quantitative estimate of drug-likeness (QED) is 0.712. The molecule has 100 valence electrons. The first kappa shape index (κ1) is 14.5. The lowest BCUT2D eigenvalue weighted by atomic mass is 9.94. The van der Waals surface area contributed by atoms with Gasteiger partial charge in [0.15, 0.2) is 0 Å². The van der Waals surface area contributed by atoms with Gasteiger partial charge >= 0.3 is 0 Å². The van der Waals surface area contributed by atoms with Crippen LogP contribution >= 0.6 is 0 Å². The van der Waals surface area contributed by atoms with Crippen LogP contribution in [-0.2, 0) is 9.53 Å². The van der Waals surface area contributed by atoms with Gasteiger partial charge in [-0.2, -0.15) is 0 Å². The molecule has 0 aromatic heterocycles. The zero-order valence-corrected chi connectivity index (χ0v) is 11.1. The van der Waals surface area contributed by atoms with Gasteiger partial charge in [0.2, 0.25) is 5.91 Å². The van der Waals surface area contributed by atoms with E-state index in [9.17, 15) is 4.79 Å². The van der Waals surface area contributed by atoms with Crippen molar-refractivity contribution >= 4 is 5.91 Å². The van der Waals surface area contributed by atoms with Crippen molar-refractivity contribution in [2.24, 2.45) is 5.73 Å². The van der Waals surface area contributed by atoms with Crippen LogP contribution in [-0.4, -0.2) is 31.2 Å². The van der Waals surface area contributed by atoms with Crippen molar-refractivity contribution in [1.82, 2.24) is 5.32 Å². The Balaban J connectivity index is 2.35. The minimum absolute atomic E-state index is 0.0740. The second-order valence-electron chi connectivity index (χ2n) is 5.25. The van der Waals surface area contributed by atoms with Gasteiger partial charge in [-0.15, -0.1) is 0 Å². The molecule has 1 amide bonds. The minimum Gasteiger partial charge on any atom is -0.383 e. The Morgan fingerprint density at radius 2 is 2.12 bits per heavy atom. The largest absolute Gasteiger partial charge is 0.383 e. The summed E-state index contributed by atoms with van der Waals surface area (Å²) >= 11 is 0. The summed E-state index contributed by atoms with van der Waals surface area (Å²) in [4.78, 5) is 11.9. The second kappa shape index (κ2) is 6.97. The summed E-state index contributed by atoms with van der Waals surface area (Å²) in [6.45, 7) is 2.69. The topological polar surface area (TPSA) is 64.3 Å². The van der Waals surface area contributed by atoms with Crippen molar-refractivity contribution in [2.75, 3.05) is 13.7 Å². The van der Waals surface area contributed by atoms with Gasteiger partial charge in [0.1, 0.15) is 0 Å². The van der Waals surface area contributed by atoms with Crippen LogP contribution in [0.5, 0.6) is 0 Å². The number of carbonyl (C=O) groups is 1. The molecular formula is C13H26N2O2. The predicted molar refractivity (Wildman–Crippen MR) is 68.7 cm³/mol. The summed E-state index contributed by atoms with van der Waals surface area (Å²) in [5, 5.41) is 3.03. The molecule has 0 radical (unpaired) electrons. The van der Waals surface area contributed by atoms with E-state index in [0.717, 1.165) is 38.5 Å². The molecule has 4 nitrogen and oxygen atoms in total. The lowest BCUT2D eigenvalue weighted by molar-refractivity contribution is -0.123. The minimum atomic E-state index is -0.256. The number of rotatable bonds is 7. The third kappa shape index (κ3) is 5.04. The third-order valence-electron chi connectivity index (χ3n) is 3.48. The second-order valence-corrected chi connectivity index (χ2v) is 5.25. The molecule has 1 aliphatic rings. The highest BCUT2D eigenvalue weighted by molar-refractivity contribution is 5.77. The Hall–Kier alpha value is -0.610. The first-order valence-electron chi connectivity index (χ1n) is 6.67. The summed E-state index contributed by atoms with van der Waals surface area (Å²) in [6, 6.07) is 0.127. The highest BCUT2D eigenvalue weighted by Gasteiger charge is 2.32. The van der Waals surface area contributed by atoms with E-state index in [1.165, 1.54) is 0 Å². The Labute approximate surface area is 104 Å². The van der Waals surface area contributed by atoms with Crippen LogP contribution < -0.4 is 11.1 Å². The van der Waals surface area contributed by atoms with Gasteiger partial charge in [-0.3, -0.25) is 4.79 Å². The molecule has 4 heteroatoms. The fourth-order valence-corrected chi connectivity index (χ4v) is 2.60. The smallest absolute Gasteiger partial charge is 0.222 e. The number of hydrogen-bond donors (Lipinski definition) is 2. The van der Waals surface area contributed by atoms with E-state index in [1.54, 1.807) is 7.11 Å². The van der Waals surface area contributed by atoms with Crippen LogP contribution in [0.25, 0.3) is 0 Å². The molecule has 1 saturated carbocycles. The maximum Gasteiger partial charge on any atom is 0.222 e. The molecular weight excluding hydrogens is 216 g/mol. The molecule has 0 heterocycles. The number of methoxy groups -OCH3 is 1. The molecule has 0 bridgehead atoms. The molecule has 1 unspecified atom stereocenters. The van der Waals surface area contributed by atoms with Crippen molar-refractivity contribution < 1.29 is 9.53 Å². The van der Waals surface area contributed by atoms with Crippen LogP contribution in [0.1, 0.15) is 51.9 Å². The van der Waals surface area contributed by atoms with Gasteiger partial charge in [0.05, 0.1) is 12.6 Å². The number of nitrogens with two attached hydrogens (primary N) is 1. The Morgan fingerprint density at radius 1 is 1.47 bits per heavy atom. The van der Waals surface area contributed by atoms with Crippen molar-refractivity contribution in [3.8, 4) is 0 Å². The SMILES string of the molecule is CCCC(COC)NC(=O)CC1(N)CCCC1. The summed E-state index contributed by atoms with van der Waals surface area (Å²) in [5.74, 6) is 0.0740. The lowest BCUT2D eigenvalue weighted by Gasteiger charge is -2.24. The molecule has 1 rings (SSSR count). The molecule has 0 saturated heterocycles. The number of amides is 1. The summed E-state index contributed by atoms with van der Waals surface area (Å²) < 4.78 is 5.11. The van der Waals surface area contributed by atoms with E-state index in [0.29, 0.717) is 13.0 Å². The Morgan fingerprint density at radius 3 is 2.65 bits per heavy atom. The molecule has 0 aromatic rings. The first-order chi connectivity index (χ1) is 8.09. The molecule has 17 heavy (non-hydrogen) atoms. The van der Waals surface area contributed by atoms with Crippen molar-refractivity contribution in [1.29, 1.82) is 0 Å². The first-order valence-corrected chi connectivity index (χ1v) is 6.67. The number of carbonyl (C=O) groups excluding carboxylic acids is 1. The van der Waals surface area contributed by atoms with E-state index in [-0.39, 0.29) is 17.5 Å². The maximum atomic E-state index is 11.9. The maximum absolute atomic E-state index is 11.9. The van der Waals surface area contributed by atoms with Crippen LogP contribution in [0, 0.1) is 0 Å². The zero-order chi connectivity index (χ0) is 12.7. The van der Waals surface area contributed by atoms with E-state index < -0.39 is 0 Å². The van der Waals surface area contributed by atoms with Gasteiger partial charge in [0, 0.05) is 19.1 Å². The molecule has 0 aliphatic heterocycles. The average Bonchev–Trinajstić information content (AvgIpc) is 2.65. The molecule has 1 fully saturated rings. The van der Waals surface area contributed by atoms with E-state index >= 15 is 0 Å². The lowest BCUT2D eigenvalue weighted by Crippen LogP contribution is -2.45.